The highest BCUT2D eigenvalue weighted by atomic mass is 32.2. The van der Waals surface area contributed by atoms with E-state index in [1.165, 1.54) is 19.1 Å². The molecule has 0 aromatic heterocycles. The molecule has 0 radical (unpaired) electrons. The first kappa shape index (κ1) is 16.2. The van der Waals surface area contributed by atoms with Crippen molar-refractivity contribution in [3.05, 3.63) is 0 Å². The summed E-state index contributed by atoms with van der Waals surface area (Å²) < 4.78 is 23.5. The average Bonchev–Trinajstić information content (AvgIpc) is 2.91. The second-order valence-corrected chi connectivity index (χ2v) is 9.50. The Morgan fingerprint density at radius 2 is 1.75 bits per heavy atom. The molecule has 1 aliphatic heterocycles. The van der Waals surface area contributed by atoms with Gasteiger partial charge >= 0.3 is 0 Å². The third kappa shape index (κ3) is 3.37. The lowest BCUT2D eigenvalue weighted by Crippen LogP contribution is -2.55. The summed E-state index contributed by atoms with van der Waals surface area (Å²) in [6.07, 6.45) is 6.53. The molecule has 0 bridgehead atoms. The van der Waals surface area contributed by atoms with Crippen LogP contribution < -0.4 is 0 Å². The number of hydrogen-bond acceptors (Lipinski definition) is 4. The number of sulfone groups is 1. The van der Waals surface area contributed by atoms with Crippen molar-refractivity contribution in [2.45, 2.75) is 69.3 Å². The van der Waals surface area contributed by atoms with E-state index in [0.717, 1.165) is 32.4 Å². The van der Waals surface area contributed by atoms with Gasteiger partial charge in [-0.1, -0.05) is 6.42 Å². The molecule has 1 heterocycles. The largest absolute Gasteiger partial charge is 0.391 e. The summed E-state index contributed by atoms with van der Waals surface area (Å²) in [5.41, 5.74) is -0.249. The van der Waals surface area contributed by atoms with Gasteiger partial charge in [0, 0.05) is 11.8 Å². The maximum atomic E-state index is 11.8. The van der Waals surface area contributed by atoms with Crippen LogP contribution in [0.15, 0.2) is 0 Å². The molecule has 5 heteroatoms. The minimum absolute atomic E-state index is 0.110. The van der Waals surface area contributed by atoms with E-state index in [1.807, 2.05) is 0 Å². The Kier molecular flexibility index (Phi) is 4.82. The Bertz CT molecular complexity index is 426. The predicted octanol–water partition coefficient (Wildman–Crippen LogP) is 1.83. The molecule has 2 rings (SSSR count). The molecule has 1 N–H and O–H groups in total. The highest BCUT2D eigenvalue weighted by Crippen LogP contribution is 2.36. The maximum Gasteiger partial charge on any atom is 0.150 e. The SMILES string of the molecule is CC(C)(C(O)C1CCCC(S(C)(=O)=O)C1)N1CCCC1. The molecule has 1 saturated heterocycles. The highest BCUT2D eigenvalue weighted by Gasteiger charge is 2.42. The predicted molar refractivity (Wildman–Crippen MR) is 81.5 cm³/mol. The number of likely N-dealkylation sites (tertiary alicyclic amines) is 1. The van der Waals surface area contributed by atoms with Crippen molar-refractivity contribution in [3.8, 4) is 0 Å². The fourth-order valence-electron chi connectivity index (χ4n) is 3.91. The molecule has 1 aliphatic carbocycles. The smallest absolute Gasteiger partial charge is 0.150 e. The van der Waals surface area contributed by atoms with Gasteiger partial charge in [0.2, 0.25) is 0 Å². The van der Waals surface area contributed by atoms with Crippen molar-refractivity contribution in [2.75, 3.05) is 19.3 Å². The third-order valence-corrected chi connectivity index (χ3v) is 7.00. The molecule has 0 spiro atoms. The molecular formula is C15H29NO3S. The van der Waals surface area contributed by atoms with Crippen molar-refractivity contribution < 1.29 is 13.5 Å². The van der Waals surface area contributed by atoms with Crippen LogP contribution in [0.5, 0.6) is 0 Å². The van der Waals surface area contributed by atoms with Gasteiger partial charge in [0.05, 0.1) is 11.4 Å². The lowest BCUT2D eigenvalue weighted by Gasteiger charge is -2.44. The Morgan fingerprint density at radius 3 is 2.30 bits per heavy atom. The van der Waals surface area contributed by atoms with E-state index in [9.17, 15) is 13.5 Å². The normalized spacial score (nSPS) is 31.4. The van der Waals surface area contributed by atoms with Gasteiger partial charge in [-0.15, -0.1) is 0 Å². The van der Waals surface area contributed by atoms with Gasteiger partial charge in [-0.25, -0.2) is 8.42 Å². The zero-order chi connectivity index (χ0) is 15.0. The van der Waals surface area contributed by atoms with Crippen LogP contribution in [0.1, 0.15) is 52.4 Å². The van der Waals surface area contributed by atoms with Crippen molar-refractivity contribution >= 4 is 9.84 Å². The number of rotatable bonds is 4. The summed E-state index contributed by atoms with van der Waals surface area (Å²) in [5, 5.41) is 10.6. The van der Waals surface area contributed by atoms with Gasteiger partial charge in [0.1, 0.15) is 9.84 Å². The van der Waals surface area contributed by atoms with E-state index >= 15 is 0 Å². The van der Waals surface area contributed by atoms with Crippen LogP contribution in [0.4, 0.5) is 0 Å². The fraction of sp³-hybridized carbons (Fsp3) is 1.00. The van der Waals surface area contributed by atoms with Crippen LogP contribution in [0.3, 0.4) is 0 Å². The number of hydrogen-bond donors (Lipinski definition) is 1. The van der Waals surface area contributed by atoms with E-state index in [4.69, 9.17) is 0 Å². The first-order valence-electron chi connectivity index (χ1n) is 7.85. The summed E-state index contributed by atoms with van der Waals surface area (Å²) in [6, 6.07) is 0. The minimum Gasteiger partial charge on any atom is -0.391 e. The first-order valence-corrected chi connectivity index (χ1v) is 9.80. The number of aliphatic hydroxyl groups excluding tert-OH is 1. The van der Waals surface area contributed by atoms with Gasteiger partial charge in [-0.3, -0.25) is 4.90 Å². The molecule has 0 amide bonds. The minimum atomic E-state index is -2.98. The van der Waals surface area contributed by atoms with Gasteiger partial charge in [-0.2, -0.15) is 0 Å². The molecule has 20 heavy (non-hydrogen) atoms. The van der Waals surface area contributed by atoms with Crippen LogP contribution in [-0.4, -0.2) is 54.7 Å². The van der Waals surface area contributed by atoms with E-state index in [-0.39, 0.29) is 16.7 Å². The van der Waals surface area contributed by atoms with Gasteiger partial charge in [-0.05, 0) is 65.0 Å². The molecule has 1 saturated carbocycles. The average molecular weight is 303 g/mol. The molecule has 2 aliphatic rings. The van der Waals surface area contributed by atoms with Crippen LogP contribution in [0.2, 0.25) is 0 Å². The second kappa shape index (κ2) is 5.93. The molecule has 0 aromatic rings. The summed E-state index contributed by atoms with van der Waals surface area (Å²) in [5.74, 6) is 0.110. The fourth-order valence-corrected chi connectivity index (χ4v) is 5.11. The van der Waals surface area contributed by atoms with Crippen molar-refractivity contribution in [1.82, 2.24) is 4.90 Å². The summed E-state index contributed by atoms with van der Waals surface area (Å²) >= 11 is 0. The summed E-state index contributed by atoms with van der Waals surface area (Å²) in [4.78, 5) is 2.36. The third-order valence-electron chi connectivity index (χ3n) is 5.36. The Labute approximate surface area is 123 Å². The van der Waals surface area contributed by atoms with Crippen LogP contribution in [0, 0.1) is 5.92 Å². The zero-order valence-corrected chi connectivity index (χ0v) is 13.8. The summed E-state index contributed by atoms with van der Waals surface area (Å²) in [6.45, 7) is 6.30. The van der Waals surface area contributed by atoms with Gasteiger partial charge < -0.3 is 5.11 Å². The molecule has 2 fully saturated rings. The number of nitrogens with zero attached hydrogens (tertiary/aromatic N) is 1. The van der Waals surface area contributed by atoms with Gasteiger partial charge in [0.25, 0.3) is 0 Å². The highest BCUT2D eigenvalue weighted by molar-refractivity contribution is 7.91. The Balaban J connectivity index is 2.06. The van der Waals surface area contributed by atoms with Crippen LogP contribution >= 0.6 is 0 Å². The molecule has 3 atom stereocenters. The molecule has 3 unspecified atom stereocenters. The van der Waals surface area contributed by atoms with Crippen LogP contribution in [-0.2, 0) is 9.84 Å². The lowest BCUT2D eigenvalue weighted by molar-refractivity contribution is -0.0412. The topological polar surface area (TPSA) is 57.6 Å². The standard InChI is InChI=1S/C15H29NO3S/c1-15(2,16-9-4-5-10-16)14(17)12-7-6-8-13(11-12)20(3,18)19/h12-14,17H,4-11H2,1-3H3. The second-order valence-electron chi connectivity index (χ2n) is 7.17. The van der Waals surface area contributed by atoms with E-state index in [1.54, 1.807) is 0 Å². The van der Waals surface area contributed by atoms with E-state index in [0.29, 0.717) is 6.42 Å². The zero-order valence-electron chi connectivity index (χ0n) is 13.0. The van der Waals surface area contributed by atoms with Crippen molar-refractivity contribution in [1.29, 1.82) is 0 Å². The van der Waals surface area contributed by atoms with Crippen molar-refractivity contribution in [3.63, 3.8) is 0 Å². The Hall–Kier alpha value is -0.130. The van der Waals surface area contributed by atoms with E-state index < -0.39 is 15.9 Å². The molecule has 118 valence electrons. The summed E-state index contributed by atoms with van der Waals surface area (Å²) in [7, 11) is -2.98. The quantitative estimate of drug-likeness (QED) is 0.861. The monoisotopic (exact) mass is 303 g/mol. The molecule has 4 nitrogen and oxygen atoms in total. The molecular weight excluding hydrogens is 274 g/mol. The first-order chi connectivity index (χ1) is 9.23. The number of aliphatic hydroxyl groups is 1. The lowest BCUT2D eigenvalue weighted by atomic mass is 9.77. The van der Waals surface area contributed by atoms with Crippen LogP contribution in [0.25, 0.3) is 0 Å². The Morgan fingerprint density at radius 1 is 1.15 bits per heavy atom. The maximum absolute atomic E-state index is 11.8. The van der Waals surface area contributed by atoms with Crippen molar-refractivity contribution in [2.24, 2.45) is 5.92 Å². The molecule has 0 aromatic carbocycles. The van der Waals surface area contributed by atoms with E-state index in [2.05, 4.69) is 18.7 Å². The van der Waals surface area contributed by atoms with Gasteiger partial charge in [0.15, 0.2) is 0 Å².